The summed E-state index contributed by atoms with van der Waals surface area (Å²) >= 11 is 0. The molecule has 8 nitrogen and oxygen atoms in total. The van der Waals surface area contributed by atoms with Crippen LogP contribution in [0.4, 0.5) is 0 Å². The molecule has 2 aromatic carbocycles. The smallest absolute Gasteiger partial charge is 0.229 e. The van der Waals surface area contributed by atoms with Crippen molar-refractivity contribution in [3.63, 3.8) is 0 Å². The van der Waals surface area contributed by atoms with Gasteiger partial charge >= 0.3 is 0 Å². The summed E-state index contributed by atoms with van der Waals surface area (Å²) in [4.78, 5) is 0.148. The highest BCUT2D eigenvalue weighted by molar-refractivity contribution is 7.92. The Labute approximate surface area is 197 Å². The van der Waals surface area contributed by atoms with Gasteiger partial charge in [-0.15, -0.1) is 0 Å². The Balaban J connectivity index is 1.81. The van der Waals surface area contributed by atoms with E-state index in [-0.39, 0.29) is 40.8 Å². The lowest BCUT2D eigenvalue weighted by Crippen LogP contribution is -2.45. The maximum absolute atomic E-state index is 13.4. The fraction of sp³-hybridized carbons (Fsp3) is 0.455. The highest BCUT2D eigenvalue weighted by atomic mass is 32.2. The number of hydrogen-bond acceptors (Lipinski definition) is 6. The number of aryl methyl sites for hydroxylation is 2. The second-order valence-electron chi connectivity index (χ2n) is 8.07. The molecule has 1 N–H and O–H groups in total. The molecular weight excluding hydrogens is 484 g/mol. The minimum Gasteiger partial charge on any atom is -0.229 e. The lowest BCUT2D eigenvalue weighted by Gasteiger charge is -2.27. The predicted octanol–water partition coefficient (Wildman–Crippen LogP) is 1.97. The van der Waals surface area contributed by atoms with Gasteiger partial charge in [-0.2, -0.15) is 4.31 Å². The molecule has 11 heteroatoms. The summed E-state index contributed by atoms with van der Waals surface area (Å²) in [6, 6.07) is 12.2. The van der Waals surface area contributed by atoms with Gasteiger partial charge in [0, 0.05) is 19.1 Å². The third-order valence-electron chi connectivity index (χ3n) is 5.82. The molecule has 0 spiro atoms. The molecule has 1 aliphatic heterocycles. The quantitative estimate of drug-likeness (QED) is 0.518. The zero-order valence-electron chi connectivity index (χ0n) is 18.8. The van der Waals surface area contributed by atoms with Crippen LogP contribution in [0.15, 0.2) is 58.3 Å². The van der Waals surface area contributed by atoms with Crippen molar-refractivity contribution in [1.82, 2.24) is 9.03 Å². The van der Waals surface area contributed by atoms with Crippen LogP contribution >= 0.6 is 0 Å². The van der Waals surface area contributed by atoms with E-state index < -0.39 is 35.9 Å². The first-order chi connectivity index (χ1) is 15.5. The molecule has 33 heavy (non-hydrogen) atoms. The Morgan fingerprint density at radius 1 is 0.879 bits per heavy atom. The van der Waals surface area contributed by atoms with Gasteiger partial charge in [0.05, 0.1) is 21.3 Å². The lowest BCUT2D eigenvalue weighted by atomic mass is 10.2. The molecule has 1 saturated heterocycles. The van der Waals surface area contributed by atoms with E-state index in [2.05, 4.69) is 4.72 Å². The fourth-order valence-corrected chi connectivity index (χ4v) is 8.31. The number of hydrogen-bond donors (Lipinski definition) is 1. The van der Waals surface area contributed by atoms with Gasteiger partial charge in [-0.3, -0.25) is 0 Å². The van der Waals surface area contributed by atoms with Gasteiger partial charge in [-0.25, -0.2) is 30.0 Å². The summed E-state index contributed by atoms with van der Waals surface area (Å²) < 4.78 is 79.7. The molecule has 0 bridgehead atoms. The molecule has 0 unspecified atom stereocenters. The first-order valence-corrected chi connectivity index (χ1v) is 15.6. The van der Waals surface area contributed by atoms with Crippen molar-refractivity contribution in [2.24, 2.45) is 0 Å². The average molecular weight is 515 g/mol. The minimum atomic E-state index is -4.02. The second-order valence-corrected chi connectivity index (χ2v) is 14.0. The molecule has 0 aliphatic carbocycles. The highest BCUT2D eigenvalue weighted by Gasteiger charge is 2.38. The lowest BCUT2D eigenvalue weighted by molar-refractivity contribution is 0.343. The summed E-state index contributed by atoms with van der Waals surface area (Å²) in [5.41, 5.74) is 1.98. The van der Waals surface area contributed by atoms with Crippen molar-refractivity contribution in [1.29, 1.82) is 0 Å². The van der Waals surface area contributed by atoms with Gasteiger partial charge in [0.15, 0.2) is 9.84 Å². The van der Waals surface area contributed by atoms with Crippen LogP contribution in [0.3, 0.4) is 0 Å². The Bertz CT molecular complexity index is 1270. The van der Waals surface area contributed by atoms with E-state index in [1.54, 1.807) is 24.3 Å². The number of rotatable bonds is 10. The summed E-state index contributed by atoms with van der Waals surface area (Å²) in [5, 5.41) is 0. The largest absolute Gasteiger partial charge is 0.243 e. The summed E-state index contributed by atoms with van der Waals surface area (Å²) in [5.74, 6) is -0.363. The van der Waals surface area contributed by atoms with Crippen molar-refractivity contribution in [2.45, 2.75) is 48.9 Å². The van der Waals surface area contributed by atoms with Crippen molar-refractivity contribution in [2.75, 3.05) is 24.6 Å². The number of sulfonamides is 2. The van der Waals surface area contributed by atoms with E-state index >= 15 is 0 Å². The van der Waals surface area contributed by atoms with E-state index in [9.17, 15) is 25.3 Å². The molecule has 0 radical (unpaired) electrons. The highest BCUT2D eigenvalue weighted by Crippen LogP contribution is 2.25. The predicted molar refractivity (Wildman–Crippen MR) is 128 cm³/mol. The average Bonchev–Trinajstić information content (AvgIpc) is 3.15. The zero-order valence-corrected chi connectivity index (χ0v) is 21.2. The minimum absolute atomic E-state index is 0.0574. The molecule has 0 amide bonds. The third kappa shape index (κ3) is 6.21. The van der Waals surface area contributed by atoms with Crippen LogP contribution in [-0.4, -0.2) is 60.2 Å². The Morgan fingerprint density at radius 2 is 1.39 bits per heavy atom. The van der Waals surface area contributed by atoms with Gasteiger partial charge in [-0.1, -0.05) is 38.1 Å². The molecule has 1 heterocycles. The van der Waals surface area contributed by atoms with E-state index in [1.807, 2.05) is 13.8 Å². The van der Waals surface area contributed by atoms with E-state index in [4.69, 9.17) is 0 Å². The Hall–Kier alpha value is -1.79. The summed E-state index contributed by atoms with van der Waals surface area (Å²) in [6.07, 6.45) is 1.72. The van der Waals surface area contributed by atoms with Crippen molar-refractivity contribution >= 4 is 29.9 Å². The van der Waals surface area contributed by atoms with E-state index in [0.29, 0.717) is 0 Å². The number of nitrogens with zero attached hydrogens (tertiary/aromatic N) is 1. The van der Waals surface area contributed by atoms with Crippen LogP contribution in [0, 0.1) is 0 Å². The van der Waals surface area contributed by atoms with Gasteiger partial charge in [-0.05, 0) is 54.7 Å². The molecular formula is C22H30N2O6S3. The van der Waals surface area contributed by atoms with Crippen LogP contribution in [-0.2, 0) is 42.7 Å². The second kappa shape index (κ2) is 10.2. The van der Waals surface area contributed by atoms with Crippen LogP contribution in [0.1, 0.15) is 31.4 Å². The van der Waals surface area contributed by atoms with Crippen LogP contribution in [0.5, 0.6) is 0 Å². The topological polar surface area (TPSA) is 118 Å². The Kier molecular flexibility index (Phi) is 8.00. The molecule has 1 aliphatic rings. The van der Waals surface area contributed by atoms with Crippen molar-refractivity contribution < 1.29 is 25.3 Å². The molecule has 182 valence electrons. The fourth-order valence-electron chi connectivity index (χ4n) is 3.81. The van der Waals surface area contributed by atoms with Crippen LogP contribution < -0.4 is 4.72 Å². The summed E-state index contributed by atoms with van der Waals surface area (Å²) in [6.45, 7) is 3.57. The molecule has 1 atom stereocenters. The molecule has 0 saturated carbocycles. The van der Waals surface area contributed by atoms with Crippen molar-refractivity contribution in [3.05, 3.63) is 59.7 Å². The van der Waals surface area contributed by atoms with Gasteiger partial charge in [0.1, 0.15) is 0 Å². The zero-order chi connectivity index (χ0) is 24.3. The third-order valence-corrected chi connectivity index (χ3v) is 11.0. The summed E-state index contributed by atoms with van der Waals surface area (Å²) in [7, 11) is -11.2. The molecule has 3 rings (SSSR count). The standard InChI is InChI=1S/C22H30N2O6S3/c1-3-18-5-9-21(10-6-18)32(27,28)23-14-15-24(20-13-16-31(25,26)17-20)33(29,30)22-11-7-19(4-2)8-12-22/h5-12,20,23H,3-4,13-17H2,1-2H3/t20-/m0/s1. The van der Waals surface area contributed by atoms with Gasteiger partial charge in [0.25, 0.3) is 0 Å². The van der Waals surface area contributed by atoms with E-state index in [1.165, 1.54) is 24.3 Å². The SMILES string of the molecule is CCc1ccc(S(=O)(=O)NCCN([C@H]2CCS(=O)(=O)C2)S(=O)(=O)c2ccc(CC)cc2)cc1. The maximum atomic E-state index is 13.4. The number of benzene rings is 2. The van der Waals surface area contributed by atoms with Crippen molar-refractivity contribution in [3.8, 4) is 0 Å². The van der Waals surface area contributed by atoms with Gasteiger partial charge < -0.3 is 0 Å². The number of nitrogens with one attached hydrogen (secondary N) is 1. The molecule has 1 fully saturated rings. The monoisotopic (exact) mass is 514 g/mol. The van der Waals surface area contributed by atoms with Crippen LogP contribution in [0.25, 0.3) is 0 Å². The molecule has 2 aromatic rings. The number of sulfone groups is 1. The first-order valence-electron chi connectivity index (χ1n) is 10.9. The maximum Gasteiger partial charge on any atom is 0.243 e. The van der Waals surface area contributed by atoms with Crippen LogP contribution in [0.2, 0.25) is 0 Å². The van der Waals surface area contributed by atoms with Gasteiger partial charge in [0.2, 0.25) is 20.0 Å². The Morgan fingerprint density at radius 3 is 1.85 bits per heavy atom. The molecule has 0 aromatic heterocycles. The van der Waals surface area contributed by atoms with E-state index in [0.717, 1.165) is 28.3 Å². The first kappa shape index (κ1) is 25.8. The normalized spacial score (nSPS) is 18.6.